The number of ether oxygens (including phenoxy) is 3. The number of carbonyl (C=O) groups excluding carboxylic acids is 3. The molecule has 0 aliphatic carbocycles. The number of rotatable bonds is 20. The maximum Gasteiger partial charge on any atom is 0.308 e. The molecule has 0 fully saturated rings. The van der Waals surface area contributed by atoms with Crippen LogP contribution in [0.25, 0.3) is 0 Å². The second-order valence-corrected chi connectivity index (χ2v) is 10.3. The molecule has 0 spiro atoms. The highest BCUT2D eigenvalue weighted by molar-refractivity contribution is 5.80. The van der Waals surface area contributed by atoms with Crippen molar-refractivity contribution in [1.82, 2.24) is 0 Å². The van der Waals surface area contributed by atoms with Crippen molar-refractivity contribution in [3.8, 4) is 23.0 Å². The third kappa shape index (κ3) is 14.2. The van der Waals surface area contributed by atoms with E-state index in [0.717, 1.165) is 25.7 Å². The molecule has 39 heavy (non-hydrogen) atoms. The number of benzene rings is 1. The second kappa shape index (κ2) is 20.1. The lowest BCUT2D eigenvalue weighted by Gasteiger charge is -2.20. The average molecular weight is 547 g/mol. The smallest absolute Gasteiger partial charge is 0.308 e. The average Bonchev–Trinajstić information content (AvgIpc) is 2.87. The highest BCUT2D eigenvalue weighted by atomic mass is 16.6. The Morgan fingerprint density at radius 1 is 0.615 bits per heavy atom. The van der Waals surface area contributed by atoms with E-state index in [1.54, 1.807) is 0 Å². The van der Waals surface area contributed by atoms with Crippen LogP contribution >= 0.6 is 0 Å². The maximum absolute atomic E-state index is 11.8. The fourth-order valence-corrected chi connectivity index (χ4v) is 4.56. The van der Waals surface area contributed by atoms with Gasteiger partial charge in [-0.15, -0.1) is 0 Å². The number of aromatic hydroxyl groups is 1. The molecule has 0 saturated heterocycles. The van der Waals surface area contributed by atoms with Gasteiger partial charge in [0.25, 0.3) is 0 Å². The molecule has 7 heteroatoms. The summed E-state index contributed by atoms with van der Waals surface area (Å²) in [4.78, 5) is 35.1. The van der Waals surface area contributed by atoms with Gasteiger partial charge in [0.2, 0.25) is 0 Å². The summed E-state index contributed by atoms with van der Waals surface area (Å²) in [5, 5.41) is 10.9. The van der Waals surface area contributed by atoms with Gasteiger partial charge in [-0.25, -0.2) is 0 Å². The van der Waals surface area contributed by atoms with Gasteiger partial charge in [-0.2, -0.15) is 0 Å². The van der Waals surface area contributed by atoms with Crippen molar-refractivity contribution in [1.29, 1.82) is 0 Å². The molecule has 1 aromatic carbocycles. The monoisotopic (exact) mass is 546 g/mol. The van der Waals surface area contributed by atoms with E-state index in [2.05, 4.69) is 19.1 Å². The predicted molar refractivity (Wildman–Crippen MR) is 155 cm³/mol. The molecule has 0 aliphatic heterocycles. The summed E-state index contributed by atoms with van der Waals surface area (Å²) >= 11 is 0. The van der Waals surface area contributed by atoms with Crippen LogP contribution < -0.4 is 14.2 Å². The van der Waals surface area contributed by atoms with E-state index in [0.29, 0.717) is 12.0 Å². The van der Waals surface area contributed by atoms with Crippen LogP contribution in [-0.4, -0.2) is 23.0 Å². The van der Waals surface area contributed by atoms with Crippen molar-refractivity contribution in [2.45, 2.75) is 137 Å². The molecule has 0 aromatic heterocycles. The Balaban J connectivity index is 2.50. The van der Waals surface area contributed by atoms with Crippen molar-refractivity contribution >= 4 is 17.9 Å². The fourth-order valence-electron chi connectivity index (χ4n) is 4.56. The summed E-state index contributed by atoms with van der Waals surface area (Å²) in [5.74, 6) is -2.24. The van der Waals surface area contributed by atoms with Crippen LogP contribution in [0.5, 0.6) is 23.0 Å². The molecular formula is C32H50O7. The standard InChI is InChI=1S/C32H50O7/c1-6-7-8-9-10-11-12-13-14-15-16-17-18-19-20-21-22-23-28-29(36)30(37-25(3)33)24(2)31(38-26(4)34)32(28)39-27(5)35/h9-10,36H,6-8,11-23H2,1-5H3/b10-9+. The minimum atomic E-state index is -0.622. The zero-order valence-corrected chi connectivity index (χ0v) is 24.9. The van der Waals surface area contributed by atoms with Crippen LogP contribution in [0.3, 0.4) is 0 Å². The molecule has 0 amide bonds. The quantitative estimate of drug-likeness (QED) is 0.0758. The van der Waals surface area contributed by atoms with E-state index in [1.165, 1.54) is 98.3 Å². The van der Waals surface area contributed by atoms with Crippen LogP contribution in [-0.2, 0) is 20.8 Å². The van der Waals surface area contributed by atoms with Gasteiger partial charge in [0.05, 0.1) is 0 Å². The number of phenols is 1. The number of unbranched alkanes of at least 4 members (excludes halogenated alkanes) is 13. The summed E-state index contributed by atoms with van der Waals surface area (Å²) in [6.07, 6.45) is 22.9. The van der Waals surface area contributed by atoms with Crippen molar-refractivity contribution in [2.24, 2.45) is 0 Å². The van der Waals surface area contributed by atoms with Crippen LogP contribution in [0.1, 0.15) is 135 Å². The molecule has 0 radical (unpaired) electrons. The lowest BCUT2D eigenvalue weighted by molar-refractivity contribution is -0.134. The fraction of sp³-hybridized carbons (Fsp3) is 0.656. The molecule has 7 nitrogen and oxygen atoms in total. The second-order valence-electron chi connectivity index (χ2n) is 10.3. The van der Waals surface area contributed by atoms with E-state index in [4.69, 9.17) is 14.2 Å². The summed E-state index contributed by atoms with van der Waals surface area (Å²) in [6, 6.07) is 0. The topological polar surface area (TPSA) is 99.1 Å². The Hall–Kier alpha value is -2.83. The first-order valence-corrected chi connectivity index (χ1v) is 14.8. The van der Waals surface area contributed by atoms with Crippen molar-refractivity contribution in [3.63, 3.8) is 0 Å². The third-order valence-electron chi connectivity index (χ3n) is 6.59. The number of carbonyl (C=O) groups is 3. The van der Waals surface area contributed by atoms with E-state index < -0.39 is 17.9 Å². The molecular weight excluding hydrogens is 496 g/mol. The molecule has 0 saturated carbocycles. The SMILES string of the molecule is CCCC/C=C/CCCCCCCCCCCCCc1c(O)c(OC(C)=O)c(C)c(OC(C)=O)c1OC(C)=O. The van der Waals surface area contributed by atoms with E-state index >= 15 is 0 Å². The van der Waals surface area contributed by atoms with E-state index in [-0.39, 0.29) is 28.6 Å². The van der Waals surface area contributed by atoms with Gasteiger partial charge in [0, 0.05) is 31.9 Å². The van der Waals surface area contributed by atoms with Crippen LogP contribution in [0.2, 0.25) is 0 Å². The van der Waals surface area contributed by atoms with Crippen molar-refractivity contribution in [2.75, 3.05) is 0 Å². The predicted octanol–water partition coefficient (Wildman–Crippen LogP) is 8.45. The molecule has 1 rings (SSSR count). The van der Waals surface area contributed by atoms with Crippen LogP contribution in [0, 0.1) is 6.92 Å². The van der Waals surface area contributed by atoms with Gasteiger partial charge in [0.15, 0.2) is 23.0 Å². The minimum Gasteiger partial charge on any atom is -0.504 e. The molecule has 1 aromatic rings. The molecule has 220 valence electrons. The Morgan fingerprint density at radius 3 is 1.51 bits per heavy atom. The normalized spacial score (nSPS) is 11.1. The zero-order valence-electron chi connectivity index (χ0n) is 24.9. The maximum atomic E-state index is 11.8. The highest BCUT2D eigenvalue weighted by Crippen LogP contribution is 2.48. The lowest BCUT2D eigenvalue weighted by atomic mass is 9.99. The van der Waals surface area contributed by atoms with Gasteiger partial charge in [-0.05, 0) is 39.0 Å². The first-order chi connectivity index (χ1) is 18.7. The molecule has 0 aliphatic rings. The first kappa shape index (κ1) is 34.2. The summed E-state index contributed by atoms with van der Waals surface area (Å²) in [6.45, 7) is 7.44. The third-order valence-corrected chi connectivity index (χ3v) is 6.59. The largest absolute Gasteiger partial charge is 0.504 e. The summed E-state index contributed by atoms with van der Waals surface area (Å²) in [7, 11) is 0. The highest BCUT2D eigenvalue weighted by Gasteiger charge is 2.28. The number of esters is 3. The Kier molecular flexibility index (Phi) is 17.6. The van der Waals surface area contributed by atoms with E-state index in [9.17, 15) is 19.5 Å². The first-order valence-electron chi connectivity index (χ1n) is 14.8. The Labute approximate surface area is 235 Å². The zero-order chi connectivity index (χ0) is 29.0. The van der Waals surface area contributed by atoms with Gasteiger partial charge >= 0.3 is 17.9 Å². The number of hydrogen-bond acceptors (Lipinski definition) is 7. The Bertz CT molecular complexity index is 933. The van der Waals surface area contributed by atoms with Gasteiger partial charge in [-0.1, -0.05) is 89.7 Å². The number of hydrogen-bond donors (Lipinski definition) is 1. The van der Waals surface area contributed by atoms with Gasteiger partial charge in [0.1, 0.15) is 0 Å². The Morgan fingerprint density at radius 2 is 1.03 bits per heavy atom. The number of phenolic OH excluding ortho intramolecular Hbond substituents is 1. The van der Waals surface area contributed by atoms with Crippen molar-refractivity contribution < 1.29 is 33.7 Å². The lowest BCUT2D eigenvalue weighted by Crippen LogP contribution is -2.13. The van der Waals surface area contributed by atoms with E-state index in [1.807, 2.05) is 0 Å². The van der Waals surface area contributed by atoms with Gasteiger partial charge < -0.3 is 19.3 Å². The molecule has 0 unspecified atom stereocenters. The summed E-state index contributed by atoms with van der Waals surface area (Å²) < 4.78 is 15.9. The van der Waals surface area contributed by atoms with Crippen molar-refractivity contribution in [3.05, 3.63) is 23.3 Å². The number of allylic oxidation sites excluding steroid dienone is 2. The van der Waals surface area contributed by atoms with Crippen LogP contribution in [0.15, 0.2) is 12.2 Å². The molecule has 0 bridgehead atoms. The molecule has 0 atom stereocenters. The minimum absolute atomic E-state index is 0.00360. The molecule has 0 heterocycles. The summed E-state index contributed by atoms with van der Waals surface area (Å²) in [5.41, 5.74) is 0.497. The van der Waals surface area contributed by atoms with Crippen LogP contribution in [0.4, 0.5) is 0 Å². The molecule has 1 N–H and O–H groups in total. The van der Waals surface area contributed by atoms with Gasteiger partial charge in [-0.3, -0.25) is 14.4 Å².